The van der Waals surface area contributed by atoms with Crippen molar-refractivity contribution in [3.8, 4) is 5.75 Å². The Morgan fingerprint density at radius 2 is 1.81 bits per heavy atom. The Balaban J connectivity index is 1.82. The van der Waals surface area contributed by atoms with Gasteiger partial charge < -0.3 is 29.3 Å². The van der Waals surface area contributed by atoms with E-state index in [1.165, 1.54) is 0 Å². The molecule has 236 valence electrons. The van der Waals surface area contributed by atoms with Gasteiger partial charge in [0.1, 0.15) is 17.4 Å². The lowest BCUT2D eigenvalue weighted by Gasteiger charge is -2.41. The number of aliphatic hydroxyl groups is 1. The zero-order valence-corrected chi connectivity index (χ0v) is 27.5. The van der Waals surface area contributed by atoms with E-state index in [-0.39, 0.29) is 47.7 Å². The third-order valence-corrected chi connectivity index (χ3v) is 10.2. The van der Waals surface area contributed by atoms with Gasteiger partial charge in [-0.2, -0.15) is 0 Å². The van der Waals surface area contributed by atoms with Crippen LogP contribution < -0.4 is 9.64 Å². The average molecular weight is 661 g/mol. The molecule has 3 unspecified atom stereocenters. The van der Waals surface area contributed by atoms with E-state index in [2.05, 4.69) is 29.1 Å². The first-order valence-corrected chi connectivity index (χ1v) is 16.3. The molecule has 3 heterocycles. The highest BCUT2D eigenvalue weighted by molar-refractivity contribution is 9.09. The van der Waals surface area contributed by atoms with Crippen molar-refractivity contribution in [1.82, 2.24) is 9.80 Å². The van der Waals surface area contributed by atoms with E-state index in [9.17, 15) is 19.5 Å². The summed E-state index contributed by atoms with van der Waals surface area (Å²) < 4.78 is 12.3. The number of aliphatic hydroxyl groups excluding tert-OH is 1. The Bertz CT molecular complexity index is 1210. The molecule has 8 atom stereocenters. The molecule has 1 aromatic carbocycles. The van der Waals surface area contributed by atoms with Gasteiger partial charge in [0.2, 0.25) is 17.7 Å². The van der Waals surface area contributed by atoms with Crippen molar-refractivity contribution >= 4 is 39.3 Å². The lowest BCUT2D eigenvalue weighted by Crippen LogP contribution is -2.60. The molecule has 3 saturated heterocycles. The van der Waals surface area contributed by atoms with Crippen molar-refractivity contribution in [2.75, 3.05) is 31.2 Å². The third kappa shape index (κ3) is 5.66. The second-order valence-electron chi connectivity index (χ2n) is 12.1. The van der Waals surface area contributed by atoms with Gasteiger partial charge >= 0.3 is 0 Å². The number of hydrogen-bond donors (Lipinski definition) is 1. The zero-order chi connectivity index (χ0) is 31.6. The maximum Gasteiger partial charge on any atom is 0.248 e. The summed E-state index contributed by atoms with van der Waals surface area (Å²) in [5, 5.41) is 10.6. The number of rotatable bonds is 14. The normalized spacial score (nSPS) is 28.9. The lowest BCUT2D eigenvalue weighted by atomic mass is 9.70. The van der Waals surface area contributed by atoms with Crippen molar-refractivity contribution < 1.29 is 29.0 Å². The summed E-state index contributed by atoms with van der Waals surface area (Å²) in [4.78, 5) is 48.3. The van der Waals surface area contributed by atoms with Crippen LogP contribution in [0, 0.1) is 17.8 Å². The first-order valence-electron chi connectivity index (χ1n) is 15.3. The topological polar surface area (TPSA) is 99.6 Å². The lowest BCUT2D eigenvalue weighted by molar-refractivity contribution is -0.153. The summed E-state index contributed by atoms with van der Waals surface area (Å²) in [6, 6.07) is 5.50. The van der Waals surface area contributed by atoms with Crippen LogP contribution in [0.15, 0.2) is 49.6 Å². The van der Waals surface area contributed by atoms with E-state index >= 15 is 0 Å². The van der Waals surface area contributed by atoms with Crippen LogP contribution in [0.3, 0.4) is 0 Å². The monoisotopic (exact) mass is 659 g/mol. The number of amides is 3. The highest BCUT2D eigenvalue weighted by Crippen LogP contribution is 2.61. The first kappa shape index (κ1) is 33.2. The Labute approximate surface area is 264 Å². The smallest absolute Gasteiger partial charge is 0.248 e. The number of likely N-dealkylation sites (tertiary alicyclic amines) is 1. The second kappa shape index (κ2) is 13.5. The second-order valence-corrected chi connectivity index (χ2v) is 13.3. The van der Waals surface area contributed by atoms with E-state index < -0.39 is 35.6 Å². The fraction of sp³-hybridized carbons (Fsp3) is 0.606. The van der Waals surface area contributed by atoms with E-state index in [1.54, 1.807) is 26.9 Å². The minimum Gasteiger partial charge on any atom is -0.494 e. The van der Waals surface area contributed by atoms with Crippen LogP contribution in [0.1, 0.15) is 47.5 Å². The molecule has 2 bridgehead atoms. The van der Waals surface area contributed by atoms with Crippen molar-refractivity contribution in [3.63, 3.8) is 0 Å². The van der Waals surface area contributed by atoms with Crippen LogP contribution in [0.2, 0.25) is 0 Å². The third-order valence-electron chi connectivity index (χ3n) is 9.36. The molecule has 0 radical (unpaired) electrons. The standard InChI is InChI=1S/C33H46BrN3O6/c1-8-16-35(20(5)6)32(41)29-33-18-24(34)28(43-33)26(27(33)31(40)37(29)25(19-38)21(7)10-3)30(39)36(17-9-2)22-12-14-23(15-13-22)42-11-4/h8-9,12-15,20-21,24-29,38H,1-2,10-11,16-19H2,3-7H3/t21-,24?,25-,26+,27-,28+,29?,33?/m0/s1. The van der Waals surface area contributed by atoms with Crippen molar-refractivity contribution in [1.29, 1.82) is 0 Å². The molecule has 3 amide bonds. The molecule has 3 aliphatic rings. The van der Waals surface area contributed by atoms with Gasteiger partial charge in [0, 0.05) is 29.6 Å². The molecule has 0 aromatic heterocycles. The van der Waals surface area contributed by atoms with Gasteiger partial charge in [-0.3, -0.25) is 14.4 Å². The Morgan fingerprint density at radius 3 is 2.35 bits per heavy atom. The van der Waals surface area contributed by atoms with Crippen molar-refractivity contribution in [2.45, 2.75) is 82.1 Å². The Hall–Kier alpha value is -2.69. The van der Waals surface area contributed by atoms with Crippen molar-refractivity contribution in [3.05, 3.63) is 49.6 Å². The number of ether oxygens (including phenoxy) is 2. The quantitative estimate of drug-likeness (QED) is 0.238. The number of alkyl halides is 1. The molecule has 4 rings (SSSR count). The highest BCUT2D eigenvalue weighted by Gasteiger charge is 2.77. The Morgan fingerprint density at radius 1 is 1.16 bits per heavy atom. The summed E-state index contributed by atoms with van der Waals surface area (Å²) >= 11 is 3.76. The van der Waals surface area contributed by atoms with Crippen molar-refractivity contribution in [2.24, 2.45) is 17.8 Å². The Kier molecular flexibility index (Phi) is 10.4. The van der Waals surface area contributed by atoms with Crippen LogP contribution in [-0.4, -0.2) is 93.6 Å². The van der Waals surface area contributed by atoms with Crippen LogP contribution in [0.4, 0.5) is 5.69 Å². The fourth-order valence-electron chi connectivity index (χ4n) is 7.17. The molecular weight excluding hydrogens is 614 g/mol. The molecule has 1 N–H and O–H groups in total. The average Bonchev–Trinajstić information content (AvgIpc) is 3.58. The molecular formula is C33H46BrN3O6. The van der Waals surface area contributed by atoms with Crippen LogP contribution in [0.25, 0.3) is 0 Å². The van der Waals surface area contributed by atoms with Gasteiger partial charge in [-0.15, -0.1) is 13.2 Å². The number of carbonyl (C=O) groups is 3. The van der Waals surface area contributed by atoms with Gasteiger partial charge in [-0.1, -0.05) is 48.4 Å². The minimum atomic E-state index is -1.22. The summed E-state index contributed by atoms with van der Waals surface area (Å²) in [5.74, 6) is -1.93. The van der Waals surface area contributed by atoms with Gasteiger partial charge in [0.15, 0.2) is 0 Å². The van der Waals surface area contributed by atoms with Crippen LogP contribution in [-0.2, 0) is 19.1 Å². The molecule has 43 heavy (non-hydrogen) atoms. The van der Waals surface area contributed by atoms with Gasteiger partial charge in [-0.05, 0) is 57.4 Å². The molecule has 9 nitrogen and oxygen atoms in total. The molecule has 3 fully saturated rings. The molecule has 0 aliphatic carbocycles. The van der Waals surface area contributed by atoms with Crippen LogP contribution >= 0.6 is 15.9 Å². The van der Waals surface area contributed by atoms with Gasteiger partial charge in [-0.25, -0.2) is 0 Å². The summed E-state index contributed by atoms with van der Waals surface area (Å²) in [5.41, 5.74) is -0.572. The van der Waals surface area contributed by atoms with E-state index in [0.717, 1.165) is 0 Å². The molecule has 10 heteroatoms. The predicted molar refractivity (Wildman–Crippen MR) is 170 cm³/mol. The fourth-order valence-corrected chi connectivity index (χ4v) is 8.12. The number of carbonyl (C=O) groups excluding carboxylic acids is 3. The molecule has 3 aliphatic heterocycles. The van der Waals surface area contributed by atoms with E-state index in [0.29, 0.717) is 37.4 Å². The summed E-state index contributed by atoms with van der Waals surface area (Å²) in [6.07, 6.45) is 3.82. The van der Waals surface area contributed by atoms with Crippen LogP contribution in [0.5, 0.6) is 5.75 Å². The highest BCUT2D eigenvalue weighted by atomic mass is 79.9. The number of halogens is 1. The number of fused-ring (bicyclic) bond motifs is 1. The summed E-state index contributed by atoms with van der Waals surface area (Å²) in [6.45, 7) is 18.2. The molecule has 0 saturated carbocycles. The zero-order valence-electron chi connectivity index (χ0n) is 25.9. The number of anilines is 1. The van der Waals surface area contributed by atoms with Gasteiger partial charge in [0.25, 0.3) is 0 Å². The minimum absolute atomic E-state index is 0.0846. The van der Waals surface area contributed by atoms with E-state index in [1.807, 2.05) is 58.9 Å². The number of nitrogens with zero attached hydrogens (tertiary/aromatic N) is 3. The predicted octanol–water partition coefficient (Wildman–Crippen LogP) is 4.18. The molecule has 1 aromatic rings. The largest absolute Gasteiger partial charge is 0.494 e. The maximum absolute atomic E-state index is 14.6. The SMILES string of the molecule is C=CCN(C(=O)[C@H]1[C@@H]2OC3(CC2Br)C(C(=O)N(CC=C)C(C)C)N([C@@H](CO)[C@@H](C)CC)C(=O)[C@H]13)c1ccc(OCC)cc1. The summed E-state index contributed by atoms with van der Waals surface area (Å²) in [7, 11) is 0. The maximum atomic E-state index is 14.6. The molecule has 1 spiro atoms. The number of hydrogen-bond acceptors (Lipinski definition) is 6. The number of benzene rings is 1. The first-order chi connectivity index (χ1) is 20.5. The van der Waals surface area contributed by atoms with Gasteiger partial charge in [0.05, 0.1) is 37.2 Å². The van der Waals surface area contributed by atoms with E-state index in [4.69, 9.17) is 9.47 Å².